The molecule has 0 spiro atoms. The van der Waals surface area contributed by atoms with Crippen molar-refractivity contribution in [2.24, 2.45) is 0 Å². The maximum Gasteiger partial charge on any atom is 0.0562 e. The summed E-state index contributed by atoms with van der Waals surface area (Å²) in [7, 11) is 0. The van der Waals surface area contributed by atoms with E-state index < -0.39 is 0 Å². The van der Waals surface area contributed by atoms with Gasteiger partial charge in [-0.3, -0.25) is 0 Å². The summed E-state index contributed by atoms with van der Waals surface area (Å²) in [5.74, 6) is 0. The number of hydrogen-bond acceptors (Lipinski definition) is 0. The first kappa shape index (κ1) is 37.5. The fraction of sp³-hybridized carbons (Fsp3) is 0. The predicted octanol–water partition coefficient (Wildman–Crippen LogP) is 17.1. The summed E-state index contributed by atoms with van der Waals surface area (Å²) in [5, 5.41) is 9.91. The van der Waals surface area contributed by atoms with Crippen molar-refractivity contribution in [3.8, 4) is 50.4 Å². The third kappa shape index (κ3) is 5.92. The van der Waals surface area contributed by atoms with Gasteiger partial charge in [-0.2, -0.15) is 0 Å². The number of rotatable bonds is 6. The molecule has 14 aromatic rings. The van der Waals surface area contributed by atoms with Crippen molar-refractivity contribution in [1.29, 1.82) is 0 Å². The Balaban J connectivity index is 0.978. The van der Waals surface area contributed by atoms with Crippen LogP contribution in [0.25, 0.3) is 127 Å². The lowest BCUT2D eigenvalue weighted by Crippen LogP contribution is -1.96. The Hall–Kier alpha value is -8.92. The predicted molar refractivity (Wildman–Crippen MR) is 283 cm³/mol. The zero-order valence-corrected chi connectivity index (χ0v) is 36.5. The van der Waals surface area contributed by atoms with Crippen molar-refractivity contribution in [1.82, 2.24) is 13.7 Å². The molecule has 14 rings (SSSR count). The largest absolute Gasteiger partial charge is 0.309 e. The van der Waals surface area contributed by atoms with Gasteiger partial charge < -0.3 is 13.7 Å². The molecule has 312 valence electrons. The molecule has 0 saturated carbocycles. The van der Waals surface area contributed by atoms with Crippen LogP contribution in [-0.4, -0.2) is 13.7 Å². The van der Waals surface area contributed by atoms with Gasteiger partial charge in [0.1, 0.15) is 0 Å². The second-order valence-corrected chi connectivity index (χ2v) is 17.7. The van der Waals surface area contributed by atoms with E-state index in [1.807, 2.05) is 0 Å². The first-order valence-corrected chi connectivity index (χ1v) is 23.1. The molecular weight excluding hydrogens is 811 g/mol. The first-order chi connectivity index (χ1) is 33.2. The Morgan fingerprint density at radius 3 is 1.10 bits per heavy atom. The Morgan fingerprint density at radius 1 is 0.179 bits per heavy atom. The van der Waals surface area contributed by atoms with Gasteiger partial charge in [0.25, 0.3) is 0 Å². The average Bonchev–Trinajstić information content (AvgIpc) is 4.03. The summed E-state index contributed by atoms with van der Waals surface area (Å²) in [6.45, 7) is 0. The SMILES string of the molecule is c1ccc(-c2ccc(-n3c4ccccc4c4cc5c6cc(-c7ccc8c(c7)c7ccccc7n8-c7ccc8ccccc8c7)ccc6n(-c6ccc(-c7ccccc7)cc6)c5cc43)cc2)cc1. The number of nitrogens with zero attached hydrogens (tertiary/aromatic N) is 3. The number of hydrogen-bond donors (Lipinski definition) is 0. The van der Waals surface area contributed by atoms with Gasteiger partial charge in [0, 0.05) is 49.4 Å². The van der Waals surface area contributed by atoms with Gasteiger partial charge in [-0.05, 0) is 129 Å². The molecule has 0 saturated heterocycles. The molecule has 0 aliphatic carbocycles. The van der Waals surface area contributed by atoms with Gasteiger partial charge in [-0.25, -0.2) is 0 Å². The van der Waals surface area contributed by atoms with Crippen LogP contribution in [0.3, 0.4) is 0 Å². The van der Waals surface area contributed by atoms with E-state index in [1.54, 1.807) is 0 Å². The molecule has 0 amide bonds. The van der Waals surface area contributed by atoms with E-state index in [0.717, 1.165) is 11.4 Å². The monoisotopic (exact) mass is 851 g/mol. The lowest BCUT2D eigenvalue weighted by Gasteiger charge is -2.12. The maximum atomic E-state index is 2.46. The molecule has 0 N–H and O–H groups in total. The van der Waals surface area contributed by atoms with Crippen molar-refractivity contribution < 1.29 is 0 Å². The van der Waals surface area contributed by atoms with Crippen molar-refractivity contribution in [3.63, 3.8) is 0 Å². The second-order valence-electron chi connectivity index (χ2n) is 17.7. The van der Waals surface area contributed by atoms with Crippen LogP contribution in [0.15, 0.2) is 249 Å². The van der Waals surface area contributed by atoms with Gasteiger partial charge in [-0.15, -0.1) is 0 Å². The average molecular weight is 852 g/mol. The molecule has 0 aliphatic heterocycles. The number of fused-ring (bicyclic) bond motifs is 10. The van der Waals surface area contributed by atoms with E-state index in [2.05, 4.69) is 262 Å². The van der Waals surface area contributed by atoms with Gasteiger partial charge in [0.05, 0.1) is 33.1 Å². The zero-order chi connectivity index (χ0) is 44.0. The van der Waals surface area contributed by atoms with Crippen molar-refractivity contribution in [2.75, 3.05) is 0 Å². The van der Waals surface area contributed by atoms with E-state index in [9.17, 15) is 0 Å². The van der Waals surface area contributed by atoms with Crippen LogP contribution in [-0.2, 0) is 0 Å². The molecule has 3 heteroatoms. The topological polar surface area (TPSA) is 14.8 Å². The van der Waals surface area contributed by atoms with Gasteiger partial charge in [0.15, 0.2) is 0 Å². The first-order valence-electron chi connectivity index (χ1n) is 23.1. The summed E-state index contributed by atoms with van der Waals surface area (Å²) < 4.78 is 7.32. The molecule has 0 atom stereocenters. The highest BCUT2D eigenvalue weighted by atomic mass is 15.0. The Bertz CT molecular complexity index is 4230. The van der Waals surface area contributed by atoms with Gasteiger partial charge in [-0.1, -0.05) is 164 Å². The van der Waals surface area contributed by atoms with Crippen LogP contribution in [0.5, 0.6) is 0 Å². The van der Waals surface area contributed by atoms with Crippen molar-refractivity contribution in [3.05, 3.63) is 249 Å². The molecule has 0 fully saturated rings. The van der Waals surface area contributed by atoms with Crippen LogP contribution in [0.4, 0.5) is 0 Å². The molecule has 0 radical (unpaired) electrons. The third-order valence-electron chi connectivity index (χ3n) is 14.0. The Morgan fingerprint density at radius 2 is 0.552 bits per heavy atom. The highest BCUT2D eigenvalue weighted by Gasteiger charge is 2.20. The minimum atomic E-state index is 1.13. The van der Waals surface area contributed by atoms with Crippen LogP contribution >= 0.6 is 0 Å². The highest BCUT2D eigenvalue weighted by Crippen LogP contribution is 2.42. The minimum Gasteiger partial charge on any atom is -0.309 e. The van der Waals surface area contributed by atoms with E-state index in [1.165, 1.54) is 115 Å². The molecule has 11 aromatic carbocycles. The number of aromatic nitrogens is 3. The summed E-state index contributed by atoms with van der Waals surface area (Å²) in [6, 6.07) is 91.3. The van der Waals surface area contributed by atoms with E-state index in [-0.39, 0.29) is 0 Å². The van der Waals surface area contributed by atoms with Crippen LogP contribution < -0.4 is 0 Å². The Labute approximate surface area is 387 Å². The minimum absolute atomic E-state index is 1.13. The highest BCUT2D eigenvalue weighted by molar-refractivity contribution is 6.20. The third-order valence-corrected chi connectivity index (χ3v) is 14.0. The maximum absolute atomic E-state index is 2.46. The normalized spacial score (nSPS) is 11.9. The van der Waals surface area contributed by atoms with Crippen molar-refractivity contribution >= 4 is 76.2 Å². The molecule has 0 unspecified atom stereocenters. The van der Waals surface area contributed by atoms with Crippen molar-refractivity contribution in [2.45, 2.75) is 0 Å². The summed E-state index contributed by atoms with van der Waals surface area (Å²) in [6.07, 6.45) is 0. The lowest BCUT2D eigenvalue weighted by molar-refractivity contribution is 1.16. The molecule has 3 heterocycles. The lowest BCUT2D eigenvalue weighted by atomic mass is 10.00. The van der Waals surface area contributed by atoms with Crippen LogP contribution in [0.2, 0.25) is 0 Å². The second kappa shape index (κ2) is 14.8. The molecule has 67 heavy (non-hydrogen) atoms. The fourth-order valence-corrected chi connectivity index (χ4v) is 10.8. The summed E-state index contributed by atoms with van der Waals surface area (Å²) in [4.78, 5) is 0. The van der Waals surface area contributed by atoms with Gasteiger partial charge in [0.2, 0.25) is 0 Å². The van der Waals surface area contributed by atoms with E-state index >= 15 is 0 Å². The molecular formula is C64H41N3. The van der Waals surface area contributed by atoms with E-state index in [0.29, 0.717) is 0 Å². The Kier molecular flexibility index (Phi) is 8.28. The molecule has 3 aromatic heterocycles. The zero-order valence-electron chi connectivity index (χ0n) is 36.5. The summed E-state index contributed by atoms with van der Waals surface area (Å²) >= 11 is 0. The standard InChI is InChI=1S/C64H41N3/c1-3-13-42(14-4-1)45-23-30-50(31-24-45)65-59-21-11-10-20-54(59)57-40-58-56-39-49(29-36-62(56)66(64(58)41-63(57)65)51-32-25-46(26-33-51)43-15-5-2-6-16-43)48-28-35-61-55(38-48)53-19-9-12-22-60(53)67(61)52-34-27-44-17-7-8-18-47(44)37-52/h1-41H. The fourth-order valence-electron chi connectivity index (χ4n) is 10.8. The smallest absolute Gasteiger partial charge is 0.0562 e. The summed E-state index contributed by atoms with van der Waals surface area (Å²) in [5.41, 5.74) is 17.8. The van der Waals surface area contributed by atoms with Crippen LogP contribution in [0.1, 0.15) is 0 Å². The number of para-hydroxylation sites is 2. The molecule has 3 nitrogen and oxygen atoms in total. The van der Waals surface area contributed by atoms with Crippen LogP contribution in [0, 0.1) is 0 Å². The van der Waals surface area contributed by atoms with E-state index in [4.69, 9.17) is 0 Å². The number of benzene rings is 11. The molecule has 0 aliphatic rings. The quantitative estimate of drug-likeness (QED) is 0.158. The van der Waals surface area contributed by atoms with Gasteiger partial charge >= 0.3 is 0 Å². The molecule has 0 bridgehead atoms.